The fraction of sp³-hybridized carbons (Fsp3) is 0.188. The van der Waals surface area contributed by atoms with E-state index in [0.29, 0.717) is 0 Å². The Morgan fingerprint density at radius 2 is 1.68 bits per heavy atom. The second kappa shape index (κ2) is 5.65. The van der Waals surface area contributed by atoms with E-state index in [4.69, 9.17) is 0 Å². The molecular formula is C16H17FN2. The van der Waals surface area contributed by atoms with Gasteiger partial charge in [0.25, 0.3) is 0 Å². The quantitative estimate of drug-likeness (QED) is 0.627. The predicted molar refractivity (Wildman–Crippen MR) is 76.7 cm³/mol. The first-order valence-electron chi connectivity index (χ1n) is 6.44. The van der Waals surface area contributed by atoms with Crippen LogP contribution in [-0.4, -0.2) is 9.38 Å². The third kappa shape index (κ3) is 2.65. The molecule has 0 fully saturated rings. The number of halogens is 1. The number of hydrogen-bond acceptors (Lipinski definition) is 1. The number of aryl methyl sites for hydroxylation is 1. The molecule has 0 aliphatic carbocycles. The molecule has 2 nitrogen and oxygen atoms in total. The lowest BCUT2D eigenvalue weighted by Gasteiger charge is -2.03. The lowest BCUT2D eigenvalue weighted by atomic mass is 10.1. The first kappa shape index (κ1) is 13.3. The van der Waals surface area contributed by atoms with Crippen LogP contribution in [0.2, 0.25) is 0 Å². The summed E-state index contributed by atoms with van der Waals surface area (Å²) >= 11 is 0. The molecule has 0 bridgehead atoms. The Bertz CT molecular complexity index is 669. The normalized spacial score (nSPS) is 10.1. The van der Waals surface area contributed by atoms with E-state index in [9.17, 15) is 4.39 Å². The van der Waals surface area contributed by atoms with E-state index in [1.54, 1.807) is 12.1 Å². The minimum Gasteiger partial charge on any atom is -0.317 e. The zero-order chi connectivity index (χ0) is 13.8. The van der Waals surface area contributed by atoms with E-state index in [-0.39, 0.29) is 5.82 Å². The molecule has 1 aromatic carbocycles. The second-order valence-electron chi connectivity index (χ2n) is 4.05. The molecule has 0 saturated carbocycles. The van der Waals surface area contributed by atoms with Gasteiger partial charge in [0.05, 0.1) is 17.4 Å². The summed E-state index contributed by atoms with van der Waals surface area (Å²) in [5.74, 6) is -0.230. The van der Waals surface area contributed by atoms with E-state index < -0.39 is 0 Å². The Kier molecular flexibility index (Phi) is 3.95. The standard InChI is InChI=1S/C14H11FN2.C2H6/c1-10-2-7-13-8-16-14(9-17(10)13)11-3-5-12(15)6-4-11;1-2/h2-9H,1H3;1-2H3. The highest BCUT2D eigenvalue weighted by Crippen LogP contribution is 2.19. The minimum atomic E-state index is -0.230. The van der Waals surface area contributed by atoms with Crippen LogP contribution in [0.15, 0.2) is 48.8 Å². The number of fused-ring (bicyclic) bond motifs is 1. The van der Waals surface area contributed by atoms with E-state index in [1.165, 1.54) is 12.1 Å². The third-order valence-electron chi connectivity index (χ3n) is 2.88. The van der Waals surface area contributed by atoms with Crippen molar-refractivity contribution in [2.45, 2.75) is 20.8 Å². The molecule has 19 heavy (non-hydrogen) atoms. The van der Waals surface area contributed by atoms with E-state index in [0.717, 1.165) is 22.5 Å². The van der Waals surface area contributed by atoms with Gasteiger partial charge < -0.3 is 4.40 Å². The van der Waals surface area contributed by atoms with Crippen molar-refractivity contribution < 1.29 is 4.39 Å². The Hall–Kier alpha value is -2.16. The summed E-state index contributed by atoms with van der Waals surface area (Å²) in [7, 11) is 0. The zero-order valence-electron chi connectivity index (χ0n) is 11.4. The number of hydrogen-bond donors (Lipinski definition) is 0. The molecule has 2 aromatic heterocycles. The summed E-state index contributed by atoms with van der Waals surface area (Å²) < 4.78 is 14.9. The number of rotatable bonds is 1. The lowest BCUT2D eigenvalue weighted by Crippen LogP contribution is -1.91. The van der Waals surface area contributed by atoms with E-state index >= 15 is 0 Å². The maximum atomic E-state index is 12.8. The van der Waals surface area contributed by atoms with Crippen molar-refractivity contribution in [1.82, 2.24) is 9.38 Å². The molecule has 3 rings (SSSR count). The fourth-order valence-electron chi connectivity index (χ4n) is 1.91. The van der Waals surface area contributed by atoms with Crippen LogP contribution in [0.1, 0.15) is 19.5 Å². The van der Waals surface area contributed by atoms with Crippen molar-refractivity contribution in [3.63, 3.8) is 0 Å². The molecule has 0 saturated heterocycles. The van der Waals surface area contributed by atoms with E-state index in [1.807, 2.05) is 45.3 Å². The van der Waals surface area contributed by atoms with Gasteiger partial charge in [-0.3, -0.25) is 4.98 Å². The lowest BCUT2D eigenvalue weighted by molar-refractivity contribution is 0.628. The Balaban J connectivity index is 0.000000637. The molecule has 3 heteroatoms. The number of benzene rings is 1. The smallest absolute Gasteiger partial charge is 0.123 e. The van der Waals surface area contributed by atoms with Gasteiger partial charge in [-0.25, -0.2) is 4.39 Å². The van der Waals surface area contributed by atoms with Crippen molar-refractivity contribution in [2.24, 2.45) is 0 Å². The Labute approximate surface area is 112 Å². The van der Waals surface area contributed by atoms with Crippen LogP contribution in [-0.2, 0) is 0 Å². The Morgan fingerprint density at radius 3 is 2.37 bits per heavy atom. The fourth-order valence-corrected chi connectivity index (χ4v) is 1.91. The monoisotopic (exact) mass is 256 g/mol. The second-order valence-corrected chi connectivity index (χ2v) is 4.05. The first-order chi connectivity index (χ1) is 9.24. The van der Waals surface area contributed by atoms with Crippen LogP contribution in [0.3, 0.4) is 0 Å². The minimum absolute atomic E-state index is 0.230. The van der Waals surface area contributed by atoms with Gasteiger partial charge in [0, 0.05) is 17.5 Å². The maximum absolute atomic E-state index is 12.8. The van der Waals surface area contributed by atoms with Crippen LogP contribution >= 0.6 is 0 Å². The van der Waals surface area contributed by atoms with Crippen LogP contribution in [0.5, 0.6) is 0 Å². The van der Waals surface area contributed by atoms with Crippen LogP contribution in [0.25, 0.3) is 16.8 Å². The SMILES string of the molecule is CC.Cc1ccc2cnc(-c3ccc(F)cc3)cn12. The van der Waals surface area contributed by atoms with Gasteiger partial charge in [-0.1, -0.05) is 13.8 Å². The molecule has 0 aliphatic heterocycles. The van der Waals surface area contributed by atoms with Gasteiger partial charge >= 0.3 is 0 Å². The molecule has 0 spiro atoms. The van der Waals surface area contributed by atoms with Crippen molar-refractivity contribution in [3.05, 3.63) is 60.3 Å². The summed E-state index contributed by atoms with van der Waals surface area (Å²) in [5, 5.41) is 0. The van der Waals surface area contributed by atoms with Crippen molar-refractivity contribution in [2.75, 3.05) is 0 Å². The number of aromatic nitrogens is 2. The average molecular weight is 256 g/mol. The maximum Gasteiger partial charge on any atom is 0.123 e. The molecular weight excluding hydrogens is 239 g/mol. The molecule has 98 valence electrons. The molecule has 0 amide bonds. The van der Waals surface area contributed by atoms with E-state index in [2.05, 4.69) is 9.38 Å². The van der Waals surface area contributed by atoms with Crippen molar-refractivity contribution >= 4 is 5.52 Å². The summed E-state index contributed by atoms with van der Waals surface area (Å²) in [6.07, 6.45) is 3.80. The number of nitrogens with zero attached hydrogens (tertiary/aromatic N) is 2. The topological polar surface area (TPSA) is 17.3 Å². The molecule has 2 heterocycles. The van der Waals surface area contributed by atoms with Gasteiger partial charge in [-0.2, -0.15) is 0 Å². The highest BCUT2D eigenvalue weighted by Gasteiger charge is 2.03. The molecule has 0 radical (unpaired) electrons. The third-order valence-corrected chi connectivity index (χ3v) is 2.88. The van der Waals surface area contributed by atoms with Crippen LogP contribution in [0, 0.1) is 12.7 Å². The van der Waals surface area contributed by atoms with Gasteiger partial charge in [0.1, 0.15) is 5.82 Å². The largest absolute Gasteiger partial charge is 0.317 e. The molecule has 0 unspecified atom stereocenters. The summed E-state index contributed by atoms with van der Waals surface area (Å²) in [6, 6.07) is 10.4. The molecule has 0 N–H and O–H groups in total. The molecule has 0 aliphatic rings. The highest BCUT2D eigenvalue weighted by molar-refractivity contribution is 5.61. The average Bonchev–Trinajstić information content (AvgIpc) is 2.83. The molecule has 0 atom stereocenters. The Morgan fingerprint density at radius 1 is 1.00 bits per heavy atom. The zero-order valence-corrected chi connectivity index (χ0v) is 11.4. The van der Waals surface area contributed by atoms with Crippen molar-refractivity contribution in [3.8, 4) is 11.3 Å². The van der Waals surface area contributed by atoms with Crippen LogP contribution < -0.4 is 0 Å². The van der Waals surface area contributed by atoms with Gasteiger partial charge in [0.2, 0.25) is 0 Å². The summed E-state index contributed by atoms with van der Waals surface area (Å²) in [5.41, 5.74) is 3.98. The molecule has 3 aromatic rings. The van der Waals surface area contributed by atoms with Gasteiger partial charge in [0.15, 0.2) is 0 Å². The van der Waals surface area contributed by atoms with Gasteiger partial charge in [-0.15, -0.1) is 0 Å². The van der Waals surface area contributed by atoms with Crippen LogP contribution in [0.4, 0.5) is 4.39 Å². The highest BCUT2D eigenvalue weighted by atomic mass is 19.1. The first-order valence-corrected chi connectivity index (χ1v) is 6.44. The van der Waals surface area contributed by atoms with Gasteiger partial charge in [-0.05, 0) is 43.3 Å². The predicted octanol–water partition coefficient (Wildman–Crippen LogP) is 4.48. The van der Waals surface area contributed by atoms with Crippen molar-refractivity contribution in [1.29, 1.82) is 0 Å². The summed E-state index contributed by atoms with van der Waals surface area (Å²) in [6.45, 7) is 6.04. The summed E-state index contributed by atoms with van der Waals surface area (Å²) in [4.78, 5) is 4.38.